The summed E-state index contributed by atoms with van der Waals surface area (Å²) in [5.41, 5.74) is 0.994. The zero-order valence-corrected chi connectivity index (χ0v) is 14.8. The number of hydrogen-bond donors (Lipinski definition) is 1. The van der Waals surface area contributed by atoms with Crippen LogP contribution >= 0.6 is 11.3 Å². The Morgan fingerprint density at radius 1 is 1.12 bits per heavy atom. The van der Waals surface area contributed by atoms with Gasteiger partial charge in [0.25, 0.3) is 0 Å². The first-order chi connectivity index (χ1) is 12.3. The van der Waals surface area contributed by atoms with Gasteiger partial charge in [-0.3, -0.25) is 0 Å². The zero-order valence-electron chi connectivity index (χ0n) is 13.9. The summed E-state index contributed by atoms with van der Waals surface area (Å²) in [5, 5.41) is 14.6. The molecule has 1 aromatic carbocycles. The fraction of sp³-hybridized carbons (Fsp3) is 0.389. The van der Waals surface area contributed by atoms with Crippen molar-refractivity contribution >= 4 is 11.3 Å². The van der Waals surface area contributed by atoms with Gasteiger partial charge in [-0.05, 0) is 58.8 Å². The second-order valence-corrected chi connectivity index (χ2v) is 7.47. The third-order valence-electron chi connectivity index (χ3n) is 4.80. The van der Waals surface area contributed by atoms with Crippen molar-refractivity contribution in [1.29, 1.82) is 0 Å². The van der Waals surface area contributed by atoms with Gasteiger partial charge in [0.05, 0.1) is 24.5 Å². The highest BCUT2D eigenvalue weighted by Gasteiger charge is 2.33. The summed E-state index contributed by atoms with van der Waals surface area (Å²) in [5.74, 6) is 0.665. The van der Waals surface area contributed by atoms with Crippen molar-refractivity contribution in [2.24, 2.45) is 0 Å². The van der Waals surface area contributed by atoms with Gasteiger partial charge < -0.3 is 4.90 Å². The standard InChI is InChI=1S/C18H20FN5S/c19-15-8-6-14(7-9-15)13-24-18(20-21-22-24)17(16-5-4-12-25-16)23-10-2-1-3-11-23/h4-9,12,17H,1-3,10-11,13H2/p+1/t17-/m1/s1. The highest BCUT2D eigenvalue weighted by Crippen LogP contribution is 2.23. The Kier molecular flexibility index (Phi) is 4.85. The summed E-state index contributed by atoms with van der Waals surface area (Å²) in [6.45, 7) is 2.84. The van der Waals surface area contributed by atoms with Crippen molar-refractivity contribution in [1.82, 2.24) is 20.2 Å². The minimum Gasteiger partial charge on any atom is -0.322 e. The number of hydrogen-bond acceptors (Lipinski definition) is 4. The van der Waals surface area contributed by atoms with Crippen LogP contribution in [0.3, 0.4) is 0 Å². The highest BCUT2D eigenvalue weighted by molar-refractivity contribution is 7.10. The van der Waals surface area contributed by atoms with Gasteiger partial charge in [0.1, 0.15) is 5.82 Å². The first-order valence-electron chi connectivity index (χ1n) is 8.70. The predicted molar refractivity (Wildman–Crippen MR) is 94.0 cm³/mol. The molecule has 1 N–H and O–H groups in total. The Morgan fingerprint density at radius 2 is 1.92 bits per heavy atom. The van der Waals surface area contributed by atoms with Gasteiger partial charge in [-0.2, -0.15) is 0 Å². The summed E-state index contributed by atoms with van der Waals surface area (Å²) < 4.78 is 15.0. The second kappa shape index (κ2) is 7.41. The fourth-order valence-electron chi connectivity index (χ4n) is 3.55. The molecule has 25 heavy (non-hydrogen) atoms. The van der Waals surface area contributed by atoms with Crippen LogP contribution < -0.4 is 4.90 Å². The van der Waals surface area contributed by atoms with Crippen molar-refractivity contribution in [2.45, 2.75) is 31.8 Å². The maximum Gasteiger partial charge on any atom is 0.215 e. The Hall–Kier alpha value is -2.12. The number of halogens is 1. The number of likely N-dealkylation sites (tertiary alicyclic amines) is 1. The maximum absolute atomic E-state index is 13.2. The van der Waals surface area contributed by atoms with E-state index in [4.69, 9.17) is 0 Å². The minimum absolute atomic E-state index is 0.163. The van der Waals surface area contributed by atoms with E-state index < -0.39 is 0 Å². The topological polar surface area (TPSA) is 48.0 Å². The number of nitrogens with one attached hydrogen (secondary N) is 1. The van der Waals surface area contributed by atoms with Crippen molar-refractivity contribution < 1.29 is 9.29 Å². The van der Waals surface area contributed by atoms with Gasteiger partial charge in [0, 0.05) is 0 Å². The van der Waals surface area contributed by atoms with Gasteiger partial charge in [-0.25, -0.2) is 9.07 Å². The summed E-state index contributed by atoms with van der Waals surface area (Å²) in [7, 11) is 0. The quantitative estimate of drug-likeness (QED) is 0.760. The number of nitrogens with zero attached hydrogens (tertiary/aromatic N) is 4. The Morgan fingerprint density at radius 3 is 2.64 bits per heavy atom. The molecule has 1 fully saturated rings. The fourth-order valence-corrected chi connectivity index (χ4v) is 4.43. The summed E-state index contributed by atoms with van der Waals surface area (Å²) in [6.07, 6.45) is 3.80. The van der Waals surface area contributed by atoms with E-state index >= 15 is 0 Å². The molecule has 1 aliphatic heterocycles. The molecule has 1 aliphatic rings. The van der Waals surface area contributed by atoms with Crippen molar-refractivity contribution in [3.05, 3.63) is 63.9 Å². The van der Waals surface area contributed by atoms with Crippen LogP contribution in [-0.2, 0) is 6.54 Å². The molecule has 0 radical (unpaired) electrons. The Balaban J connectivity index is 1.65. The molecule has 1 saturated heterocycles. The number of benzene rings is 1. The SMILES string of the molecule is Fc1ccc(Cn2nnnc2[C@@H](c2cccs2)[NH+]2CCCCC2)cc1. The number of quaternary nitrogens is 1. The van der Waals surface area contributed by atoms with Gasteiger partial charge in [-0.1, -0.05) is 18.2 Å². The third kappa shape index (κ3) is 3.62. The van der Waals surface area contributed by atoms with E-state index in [9.17, 15) is 4.39 Å². The molecule has 5 nitrogen and oxygen atoms in total. The van der Waals surface area contributed by atoms with Gasteiger partial charge >= 0.3 is 0 Å². The van der Waals surface area contributed by atoms with Crippen LogP contribution in [-0.4, -0.2) is 33.3 Å². The van der Waals surface area contributed by atoms with Crippen molar-refractivity contribution in [3.8, 4) is 0 Å². The molecule has 0 amide bonds. The van der Waals surface area contributed by atoms with Crippen molar-refractivity contribution in [2.75, 3.05) is 13.1 Å². The van der Waals surface area contributed by atoms with E-state index in [1.165, 1.54) is 41.2 Å². The van der Waals surface area contributed by atoms with Crippen molar-refractivity contribution in [3.63, 3.8) is 0 Å². The Bertz CT molecular complexity index is 793. The number of tetrazole rings is 1. The molecule has 0 aliphatic carbocycles. The molecule has 1 atom stereocenters. The van der Waals surface area contributed by atoms with Crippen LogP contribution in [0, 0.1) is 5.82 Å². The smallest absolute Gasteiger partial charge is 0.215 e. The molecule has 3 heterocycles. The summed E-state index contributed by atoms with van der Waals surface area (Å²) >= 11 is 1.76. The van der Waals surface area contributed by atoms with E-state index in [0.29, 0.717) is 6.54 Å². The lowest BCUT2D eigenvalue weighted by atomic mass is 10.1. The molecule has 3 aromatic rings. The largest absolute Gasteiger partial charge is 0.322 e. The van der Waals surface area contributed by atoms with Crippen LogP contribution in [0.5, 0.6) is 0 Å². The van der Waals surface area contributed by atoms with Crippen LogP contribution in [0.4, 0.5) is 4.39 Å². The molecular formula is C18H21FN5S+. The maximum atomic E-state index is 13.2. The third-order valence-corrected chi connectivity index (χ3v) is 5.73. The molecular weight excluding hydrogens is 337 g/mol. The van der Waals surface area contributed by atoms with Crippen LogP contribution in [0.15, 0.2) is 41.8 Å². The molecule has 0 bridgehead atoms. The van der Waals surface area contributed by atoms with Crippen LogP contribution in [0.25, 0.3) is 0 Å². The molecule has 4 rings (SSSR count). The number of piperidine rings is 1. The molecule has 2 aromatic heterocycles. The average molecular weight is 358 g/mol. The molecule has 0 unspecified atom stereocenters. The lowest BCUT2D eigenvalue weighted by Crippen LogP contribution is -3.13. The normalized spacial score (nSPS) is 16.8. The number of rotatable bonds is 5. The van der Waals surface area contributed by atoms with E-state index in [1.54, 1.807) is 23.5 Å². The summed E-state index contributed by atoms with van der Waals surface area (Å²) in [4.78, 5) is 2.83. The van der Waals surface area contributed by atoms with Gasteiger partial charge in [-0.15, -0.1) is 16.4 Å². The lowest BCUT2D eigenvalue weighted by Gasteiger charge is -2.30. The zero-order chi connectivity index (χ0) is 17.1. The second-order valence-electron chi connectivity index (χ2n) is 6.49. The van der Waals surface area contributed by atoms with Gasteiger partial charge in [0.15, 0.2) is 6.04 Å². The van der Waals surface area contributed by atoms with Crippen LogP contribution in [0.1, 0.15) is 41.6 Å². The molecule has 130 valence electrons. The number of thiophene rings is 1. The Labute approximate surface area is 150 Å². The molecule has 0 saturated carbocycles. The molecule has 0 spiro atoms. The predicted octanol–water partition coefficient (Wildman–Crippen LogP) is 2.08. The van der Waals surface area contributed by atoms with E-state index in [0.717, 1.165) is 24.5 Å². The number of aromatic nitrogens is 4. The van der Waals surface area contributed by atoms with E-state index in [2.05, 4.69) is 33.0 Å². The van der Waals surface area contributed by atoms with Crippen LogP contribution in [0.2, 0.25) is 0 Å². The van der Waals surface area contributed by atoms with E-state index in [1.807, 2.05) is 4.68 Å². The highest BCUT2D eigenvalue weighted by atomic mass is 32.1. The monoisotopic (exact) mass is 358 g/mol. The summed E-state index contributed by atoms with van der Waals surface area (Å²) in [6, 6.07) is 11.0. The minimum atomic E-state index is -0.227. The first kappa shape index (κ1) is 16.4. The lowest BCUT2D eigenvalue weighted by molar-refractivity contribution is -0.930. The molecule has 7 heteroatoms. The first-order valence-corrected chi connectivity index (χ1v) is 9.58. The average Bonchev–Trinajstić information content (AvgIpc) is 3.32. The van der Waals surface area contributed by atoms with Gasteiger partial charge in [0.2, 0.25) is 5.82 Å². The van der Waals surface area contributed by atoms with E-state index in [-0.39, 0.29) is 11.9 Å².